The molecule has 1 atom stereocenters. The average Bonchev–Trinajstić information content (AvgIpc) is 2.96. The number of aromatic nitrogens is 1. The highest BCUT2D eigenvalue weighted by Gasteiger charge is 2.22. The number of hydrogen-bond acceptors (Lipinski definition) is 8. The molecule has 0 saturated heterocycles. The van der Waals surface area contributed by atoms with E-state index in [0.29, 0.717) is 33.7 Å². The number of anilines is 1. The molecule has 11 heteroatoms. The van der Waals surface area contributed by atoms with Gasteiger partial charge in [0.1, 0.15) is 5.82 Å². The second-order valence-electron chi connectivity index (χ2n) is 9.30. The third-order valence-corrected chi connectivity index (χ3v) is 7.30. The van der Waals surface area contributed by atoms with E-state index in [2.05, 4.69) is 20.8 Å². The van der Waals surface area contributed by atoms with Crippen molar-refractivity contribution in [3.63, 3.8) is 0 Å². The molecule has 0 aliphatic carbocycles. The highest BCUT2D eigenvalue weighted by molar-refractivity contribution is 7.99. The third kappa shape index (κ3) is 7.73. The maximum atomic E-state index is 14.0. The Morgan fingerprint density at radius 1 is 1.15 bits per heavy atom. The number of ether oxygens (including phenoxy) is 1. The van der Waals surface area contributed by atoms with E-state index in [1.807, 2.05) is 30.3 Å². The topological polar surface area (TPSA) is 116 Å². The smallest absolute Gasteiger partial charge is 0.275 e. The first kappa shape index (κ1) is 29.3. The largest absolute Gasteiger partial charge is 0.504 e. The van der Waals surface area contributed by atoms with Crippen molar-refractivity contribution >= 4 is 46.4 Å². The fourth-order valence-electron chi connectivity index (χ4n) is 3.97. The number of carbonyl (C=O) groups is 2. The second-order valence-corrected chi connectivity index (χ2v) is 10.4. The van der Waals surface area contributed by atoms with Crippen LogP contribution in [0.15, 0.2) is 82.9 Å². The molecule has 0 aliphatic rings. The number of nitrogens with one attached hydrogen (secondary N) is 2. The molecule has 4 rings (SSSR count). The number of halogens is 1. The summed E-state index contributed by atoms with van der Waals surface area (Å²) in [5.41, 5.74) is 3.96. The van der Waals surface area contributed by atoms with Crippen molar-refractivity contribution in [3.05, 3.63) is 89.9 Å². The Hall–Kier alpha value is -4.64. The molecule has 0 spiro atoms. The number of carbonyl (C=O) groups excluding carboxylic acids is 2. The third-order valence-electron chi connectivity index (χ3n) is 6.12. The number of phenols is 1. The van der Waals surface area contributed by atoms with Gasteiger partial charge >= 0.3 is 0 Å². The Bertz CT molecular complexity index is 1570. The van der Waals surface area contributed by atoms with Crippen LogP contribution < -0.4 is 15.5 Å². The Morgan fingerprint density at radius 2 is 1.93 bits per heavy atom. The monoisotopic (exact) mass is 575 g/mol. The van der Waals surface area contributed by atoms with E-state index in [0.717, 1.165) is 4.90 Å². The van der Waals surface area contributed by atoms with E-state index in [1.165, 1.54) is 42.6 Å². The molecular weight excluding hydrogens is 545 g/mol. The van der Waals surface area contributed by atoms with Gasteiger partial charge in [-0.3, -0.25) is 14.6 Å². The lowest BCUT2D eigenvalue weighted by molar-refractivity contribution is -0.128. The Kier molecular flexibility index (Phi) is 9.75. The number of thioether (sulfide) groups is 1. The normalized spacial score (nSPS) is 11.8. The summed E-state index contributed by atoms with van der Waals surface area (Å²) in [6.45, 7) is 0. The van der Waals surface area contributed by atoms with E-state index in [1.54, 1.807) is 44.1 Å². The van der Waals surface area contributed by atoms with Gasteiger partial charge in [-0.05, 0) is 48.0 Å². The van der Waals surface area contributed by atoms with Gasteiger partial charge in [-0.25, -0.2) is 9.82 Å². The molecular formula is C30H30FN5O4S. The van der Waals surface area contributed by atoms with Gasteiger partial charge in [0.25, 0.3) is 5.91 Å². The first-order chi connectivity index (χ1) is 19.7. The number of fused-ring (bicyclic) bond motifs is 1. The van der Waals surface area contributed by atoms with E-state index in [4.69, 9.17) is 4.74 Å². The summed E-state index contributed by atoms with van der Waals surface area (Å²) < 4.78 is 19.1. The van der Waals surface area contributed by atoms with Gasteiger partial charge < -0.3 is 20.1 Å². The van der Waals surface area contributed by atoms with Crippen molar-refractivity contribution in [1.29, 1.82) is 0 Å². The lowest BCUT2D eigenvalue weighted by Crippen LogP contribution is -2.33. The number of aromatic hydroxyl groups is 1. The number of pyridine rings is 1. The van der Waals surface area contributed by atoms with Crippen LogP contribution >= 0.6 is 11.8 Å². The standard InChI is InChI=1S/C30H30FN5O4S/c1-36(2)28(38)15-21(18-41-22-7-5-4-6-8-22)34-29-23-11-10-20(31)14-25(23)32-17-24(29)30(39)35-33-16-19-9-12-27(40-3)26(37)13-19/h4-14,16-17,21,37H,15,18H2,1-3H3,(H,32,34)(H,35,39)/b33-16+. The van der Waals surface area contributed by atoms with Crippen LogP contribution in [0.1, 0.15) is 22.3 Å². The SMILES string of the molecule is COc1ccc(/C=N/NC(=O)c2cnc3cc(F)ccc3c2NC(CSc2ccccc2)CC(=O)N(C)C)cc1O. The Labute approximate surface area is 241 Å². The number of phenolic OH excluding ortho intramolecular Hbond substituents is 1. The van der Waals surface area contributed by atoms with Crippen LogP contribution in [-0.4, -0.2) is 66.0 Å². The highest BCUT2D eigenvalue weighted by atomic mass is 32.2. The number of nitrogens with zero attached hydrogens (tertiary/aromatic N) is 3. The first-order valence-electron chi connectivity index (χ1n) is 12.7. The average molecular weight is 576 g/mol. The molecule has 0 aliphatic heterocycles. The second kappa shape index (κ2) is 13.6. The molecule has 0 radical (unpaired) electrons. The summed E-state index contributed by atoms with van der Waals surface area (Å²) >= 11 is 1.58. The van der Waals surface area contributed by atoms with Crippen molar-refractivity contribution < 1.29 is 23.8 Å². The molecule has 1 unspecified atom stereocenters. The molecule has 2 amide bonds. The minimum atomic E-state index is -0.561. The summed E-state index contributed by atoms with van der Waals surface area (Å²) in [5, 5.41) is 17.9. The highest BCUT2D eigenvalue weighted by Crippen LogP contribution is 2.30. The quantitative estimate of drug-likeness (QED) is 0.132. The molecule has 0 bridgehead atoms. The lowest BCUT2D eigenvalue weighted by atomic mass is 10.1. The van der Waals surface area contributed by atoms with E-state index in [9.17, 15) is 19.1 Å². The van der Waals surface area contributed by atoms with Crippen LogP contribution in [-0.2, 0) is 4.79 Å². The number of benzene rings is 3. The summed E-state index contributed by atoms with van der Waals surface area (Å²) in [6, 6.07) is 18.2. The number of hydrazone groups is 1. The van der Waals surface area contributed by atoms with Crippen LogP contribution in [0, 0.1) is 5.82 Å². The van der Waals surface area contributed by atoms with E-state index < -0.39 is 11.7 Å². The molecule has 41 heavy (non-hydrogen) atoms. The molecule has 212 valence electrons. The van der Waals surface area contributed by atoms with Gasteiger partial charge in [0.15, 0.2) is 11.5 Å². The fraction of sp³-hybridized carbons (Fsp3) is 0.200. The summed E-state index contributed by atoms with van der Waals surface area (Å²) in [4.78, 5) is 32.9. The van der Waals surface area contributed by atoms with Gasteiger partial charge in [0.2, 0.25) is 5.91 Å². The van der Waals surface area contributed by atoms with Gasteiger partial charge in [-0.1, -0.05) is 18.2 Å². The predicted octanol–water partition coefficient (Wildman–Crippen LogP) is 4.90. The summed E-state index contributed by atoms with van der Waals surface area (Å²) in [5.74, 6) is -0.332. The number of hydrogen-bond donors (Lipinski definition) is 3. The van der Waals surface area contributed by atoms with E-state index in [-0.39, 0.29) is 29.7 Å². The molecule has 3 aromatic carbocycles. The minimum absolute atomic E-state index is 0.0630. The summed E-state index contributed by atoms with van der Waals surface area (Å²) in [6.07, 6.45) is 2.89. The molecule has 4 aromatic rings. The zero-order valence-electron chi connectivity index (χ0n) is 22.8. The van der Waals surface area contributed by atoms with Crippen LogP contribution in [0.4, 0.5) is 10.1 Å². The van der Waals surface area contributed by atoms with Crippen LogP contribution in [0.2, 0.25) is 0 Å². The number of rotatable bonds is 11. The van der Waals surface area contributed by atoms with Crippen molar-refractivity contribution in [1.82, 2.24) is 15.3 Å². The van der Waals surface area contributed by atoms with Crippen LogP contribution in [0.25, 0.3) is 10.9 Å². The zero-order chi connectivity index (χ0) is 29.4. The molecule has 0 fully saturated rings. The van der Waals surface area contributed by atoms with Crippen LogP contribution in [0.3, 0.4) is 0 Å². The minimum Gasteiger partial charge on any atom is -0.504 e. The Balaban J connectivity index is 1.63. The zero-order valence-corrected chi connectivity index (χ0v) is 23.6. The first-order valence-corrected chi connectivity index (χ1v) is 13.7. The van der Waals surface area contributed by atoms with Crippen LogP contribution in [0.5, 0.6) is 11.5 Å². The van der Waals surface area contributed by atoms with Crippen molar-refractivity contribution in [2.75, 3.05) is 32.3 Å². The van der Waals surface area contributed by atoms with Gasteiger partial charge in [-0.15, -0.1) is 11.8 Å². The maximum absolute atomic E-state index is 14.0. The number of methoxy groups -OCH3 is 1. The lowest BCUT2D eigenvalue weighted by Gasteiger charge is -2.23. The van der Waals surface area contributed by atoms with E-state index >= 15 is 0 Å². The number of amides is 2. The molecule has 1 aromatic heterocycles. The van der Waals surface area contributed by atoms with Crippen molar-refractivity contribution in [2.24, 2.45) is 5.10 Å². The van der Waals surface area contributed by atoms with Gasteiger partial charge in [0.05, 0.1) is 30.1 Å². The van der Waals surface area contributed by atoms with Gasteiger partial charge in [-0.2, -0.15) is 5.10 Å². The van der Waals surface area contributed by atoms with Crippen molar-refractivity contribution in [2.45, 2.75) is 17.4 Å². The maximum Gasteiger partial charge on any atom is 0.275 e. The molecule has 3 N–H and O–H groups in total. The fourth-order valence-corrected chi connectivity index (χ4v) is 4.91. The predicted molar refractivity (Wildman–Crippen MR) is 159 cm³/mol. The Morgan fingerprint density at radius 3 is 2.63 bits per heavy atom. The summed E-state index contributed by atoms with van der Waals surface area (Å²) in [7, 11) is 4.82. The van der Waals surface area contributed by atoms with Gasteiger partial charge in [0, 0.05) is 54.9 Å². The molecule has 9 nitrogen and oxygen atoms in total. The molecule has 0 saturated carbocycles. The van der Waals surface area contributed by atoms with Crippen molar-refractivity contribution in [3.8, 4) is 11.5 Å². The molecule has 1 heterocycles.